The molecule has 0 atom stereocenters. The number of fused-ring (bicyclic) bond motifs is 1. The van der Waals surface area contributed by atoms with E-state index in [9.17, 15) is 0 Å². The topological polar surface area (TPSA) is 69.6 Å². The van der Waals surface area contributed by atoms with Gasteiger partial charge >= 0.3 is 0 Å². The van der Waals surface area contributed by atoms with Crippen LogP contribution in [0.15, 0.2) is 54.7 Å². The Labute approximate surface area is 151 Å². The van der Waals surface area contributed by atoms with Crippen LogP contribution in [-0.2, 0) is 0 Å². The van der Waals surface area contributed by atoms with Crippen LogP contribution in [0, 0.1) is 6.92 Å². The molecule has 1 saturated carbocycles. The molecule has 3 heterocycles. The zero-order valence-corrected chi connectivity index (χ0v) is 14.6. The Morgan fingerprint density at radius 1 is 1.00 bits per heavy atom. The summed E-state index contributed by atoms with van der Waals surface area (Å²) in [5, 5.41) is 0. The molecule has 4 aromatic rings. The van der Waals surface area contributed by atoms with Crippen molar-refractivity contribution in [2.45, 2.75) is 25.7 Å². The quantitative estimate of drug-likeness (QED) is 0.605. The minimum absolute atomic E-state index is 0.471. The summed E-state index contributed by atoms with van der Waals surface area (Å²) in [6.07, 6.45) is 4.14. The molecule has 3 aromatic heterocycles. The SMILES string of the molecule is Cc1ccc(-n2c(-c3cccnc3N)nc3ccc(C4CC4)nc32)cc1. The number of benzene rings is 1. The molecule has 1 aromatic carbocycles. The molecule has 0 aliphatic heterocycles. The highest BCUT2D eigenvalue weighted by Crippen LogP contribution is 2.40. The molecule has 1 aliphatic carbocycles. The second-order valence-corrected chi connectivity index (χ2v) is 6.90. The van der Waals surface area contributed by atoms with Crippen molar-refractivity contribution < 1.29 is 0 Å². The third kappa shape index (κ3) is 2.44. The van der Waals surface area contributed by atoms with Crippen molar-refractivity contribution in [2.75, 3.05) is 5.73 Å². The van der Waals surface area contributed by atoms with Gasteiger partial charge in [0.15, 0.2) is 11.5 Å². The van der Waals surface area contributed by atoms with Gasteiger partial charge in [-0.1, -0.05) is 17.7 Å². The maximum absolute atomic E-state index is 6.15. The van der Waals surface area contributed by atoms with Crippen LogP contribution in [0.5, 0.6) is 0 Å². The van der Waals surface area contributed by atoms with Crippen molar-refractivity contribution in [2.24, 2.45) is 0 Å². The Balaban J connectivity index is 1.82. The zero-order valence-electron chi connectivity index (χ0n) is 14.6. The van der Waals surface area contributed by atoms with Gasteiger partial charge in [0.25, 0.3) is 0 Å². The largest absolute Gasteiger partial charge is 0.383 e. The van der Waals surface area contributed by atoms with Gasteiger partial charge in [-0.15, -0.1) is 0 Å². The van der Waals surface area contributed by atoms with Crippen molar-refractivity contribution in [3.8, 4) is 17.1 Å². The van der Waals surface area contributed by atoms with Crippen LogP contribution in [0.4, 0.5) is 5.82 Å². The fourth-order valence-corrected chi connectivity index (χ4v) is 3.30. The fourth-order valence-electron chi connectivity index (χ4n) is 3.30. The number of anilines is 1. The van der Waals surface area contributed by atoms with E-state index in [1.807, 2.05) is 12.1 Å². The lowest BCUT2D eigenvalue weighted by Crippen LogP contribution is -2.02. The third-order valence-corrected chi connectivity index (χ3v) is 4.89. The average Bonchev–Trinajstić information content (AvgIpc) is 3.44. The van der Waals surface area contributed by atoms with E-state index < -0.39 is 0 Å². The zero-order chi connectivity index (χ0) is 17.7. The van der Waals surface area contributed by atoms with Gasteiger partial charge in [-0.2, -0.15) is 0 Å². The maximum atomic E-state index is 6.15. The lowest BCUT2D eigenvalue weighted by molar-refractivity contribution is 1.01. The van der Waals surface area contributed by atoms with E-state index in [4.69, 9.17) is 15.7 Å². The Morgan fingerprint density at radius 2 is 1.81 bits per heavy atom. The maximum Gasteiger partial charge on any atom is 0.165 e. The molecule has 5 rings (SSSR count). The van der Waals surface area contributed by atoms with Gasteiger partial charge in [0, 0.05) is 23.5 Å². The van der Waals surface area contributed by atoms with Crippen LogP contribution in [0.1, 0.15) is 30.0 Å². The van der Waals surface area contributed by atoms with Crippen molar-refractivity contribution in [1.82, 2.24) is 19.5 Å². The standard InChI is InChI=1S/C21H19N5/c1-13-4-8-15(9-5-13)26-20(16-3-2-12-23-19(16)22)25-18-11-10-17(14-6-7-14)24-21(18)26/h2-5,8-12,14H,6-7H2,1H3,(H2,22,23). The molecular weight excluding hydrogens is 322 g/mol. The number of nitrogen functional groups attached to an aromatic ring is 1. The van der Waals surface area contributed by atoms with Crippen molar-refractivity contribution in [3.63, 3.8) is 0 Å². The molecule has 0 bridgehead atoms. The van der Waals surface area contributed by atoms with E-state index in [1.165, 1.54) is 18.4 Å². The summed E-state index contributed by atoms with van der Waals surface area (Å²) in [7, 11) is 0. The predicted octanol–water partition coefficient (Wildman–Crippen LogP) is 4.25. The summed E-state index contributed by atoms with van der Waals surface area (Å²) in [4.78, 5) is 14.0. The molecule has 26 heavy (non-hydrogen) atoms. The number of aromatic nitrogens is 4. The second kappa shape index (κ2) is 5.66. The summed E-state index contributed by atoms with van der Waals surface area (Å²) >= 11 is 0. The molecule has 0 unspecified atom stereocenters. The molecule has 1 aliphatic rings. The number of nitrogens with two attached hydrogens (primary N) is 1. The molecule has 5 nitrogen and oxygen atoms in total. The van der Waals surface area contributed by atoms with Gasteiger partial charge < -0.3 is 5.73 Å². The molecule has 0 saturated heterocycles. The molecule has 2 N–H and O–H groups in total. The first kappa shape index (κ1) is 15.1. The van der Waals surface area contributed by atoms with Crippen molar-refractivity contribution in [3.05, 3.63) is 66.0 Å². The van der Waals surface area contributed by atoms with Gasteiger partial charge in [0.1, 0.15) is 11.3 Å². The number of rotatable bonds is 3. The molecular formula is C21H19N5. The van der Waals surface area contributed by atoms with Crippen LogP contribution in [0.25, 0.3) is 28.2 Å². The summed E-state index contributed by atoms with van der Waals surface area (Å²) in [6, 6.07) is 16.4. The van der Waals surface area contributed by atoms with Gasteiger partial charge in [-0.25, -0.2) is 15.0 Å². The number of aryl methyl sites for hydroxylation is 1. The summed E-state index contributed by atoms with van der Waals surface area (Å²) < 4.78 is 2.09. The number of hydrogen-bond acceptors (Lipinski definition) is 4. The van der Waals surface area contributed by atoms with Gasteiger partial charge in [0.2, 0.25) is 0 Å². The monoisotopic (exact) mass is 341 g/mol. The van der Waals surface area contributed by atoms with E-state index in [0.717, 1.165) is 33.9 Å². The number of hydrogen-bond donors (Lipinski definition) is 1. The highest BCUT2D eigenvalue weighted by Gasteiger charge is 2.26. The summed E-state index contributed by atoms with van der Waals surface area (Å²) in [5.74, 6) is 1.83. The third-order valence-electron chi connectivity index (χ3n) is 4.89. The Hall–Kier alpha value is -3.21. The first-order valence-electron chi connectivity index (χ1n) is 8.88. The van der Waals surface area contributed by atoms with Crippen molar-refractivity contribution >= 4 is 17.0 Å². The molecule has 1 fully saturated rings. The van der Waals surface area contributed by atoms with E-state index in [2.05, 4.69) is 52.9 Å². The molecule has 0 spiro atoms. The number of nitrogens with zero attached hydrogens (tertiary/aromatic N) is 4. The molecule has 5 heteroatoms. The Bertz CT molecular complexity index is 1110. The van der Waals surface area contributed by atoms with E-state index in [-0.39, 0.29) is 0 Å². The van der Waals surface area contributed by atoms with E-state index in [0.29, 0.717) is 11.7 Å². The van der Waals surface area contributed by atoms with Crippen LogP contribution in [0.3, 0.4) is 0 Å². The summed E-state index contributed by atoms with van der Waals surface area (Å²) in [6.45, 7) is 2.08. The number of imidazole rings is 1. The first-order chi connectivity index (χ1) is 12.7. The molecule has 0 radical (unpaired) electrons. The molecule has 128 valence electrons. The molecule has 0 amide bonds. The highest BCUT2D eigenvalue weighted by molar-refractivity contribution is 5.82. The van der Waals surface area contributed by atoms with Crippen LogP contribution >= 0.6 is 0 Å². The first-order valence-corrected chi connectivity index (χ1v) is 8.88. The predicted molar refractivity (Wildman–Crippen MR) is 103 cm³/mol. The van der Waals surface area contributed by atoms with Crippen LogP contribution in [0.2, 0.25) is 0 Å². The normalized spacial score (nSPS) is 14.0. The fraction of sp³-hybridized carbons (Fsp3) is 0.190. The highest BCUT2D eigenvalue weighted by atomic mass is 15.1. The minimum atomic E-state index is 0.471. The Kier molecular flexibility index (Phi) is 3.28. The van der Waals surface area contributed by atoms with Gasteiger partial charge in [-0.05, 0) is 56.2 Å². The van der Waals surface area contributed by atoms with Gasteiger partial charge in [0.05, 0.1) is 5.56 Å². The smallest absolute Gasteiger partial charge is 0.165 e. The lowest BCUT2D eigenvalue weighted by Gasteiger charge is -2.10. The minimum Gasteiger partial charge on any atom is -0.383 e. The lowest BCUT2D eigenvalue weighted by atomic mass is 10.2. The number of pyridine rings is 2. The Morgan fingerprint density at radius 3 is 2.54 bits per heavy atom. The average molecular weight is 341 g/mol. The van der Waals surface area contributed by atoms with E-state index in [1.54, 1.807) is 6.20 Å². The second-order valence-electron chi connectivity index (χ2n) is 6.90. The van der Waals surface area contributed by atoms with E-state index >= 15 is 0 Å². The van der Waals surface area contributed by atoms with Crippen LogP contribution < -0.4 is 5.73 Å². The summed E-state index contributed by atoms with van der Waals surface area (Å²) in [5.41, 5.74) is 12.1. The van der Waals surface area contributed by atoms with Crippen LogP contribution in [-0.4, -0.2) is 19.5 Å². The van der Waals surface area contributed by atoms with Crippen molar-refractivity contribution in [1.29, 1.82) is 0 Å². The van der Waals surface area contributed by atoms with Gasteiger partial charge in [-0.3, -0.25) is 4.57 Å².